The second-order valence-electron chi connectivity index (χ2n) is 11.1. The van der Waals surface area contributed by atoms with Crippen molar-refractivity contribution in [3.8, 4) is 51.1 Å². The van der Waals surface area contributed by atoms with Crippen LogP contribution in [0.1, 0.15) is 32.1 Å². The van der Waals surface area contributed by atoms with Crippen LogP contribution in [-0.2, 0) is 0 Å². The molecule has 2 aromatic heterocycles. The molecule has 11 heteroatoms. The maximum Gasteiger partial charge on any atom is 0.337 e. The Morgan fingerprint density at radius 3 is 1.58 bits per heavy atom. The van der Waals surface area contributed by atoms with Gasteiger partial charge in [0.2, 0.25) is 0 Å². The number of carbonyl (C=O) groups is 2. The normalized spacial score (nSPS) is 10.6. The van der Waals surface area contributed by atoms with Crippen LogP contribution in [0.15, 0.2) is 103 Å². The van der Waals surface area contributed by atoms with Crippen molar-refractivity contribution in [2.45, 2.75) is 13.8 Å². The van der Waals surface area contributed by atoms with Crippen LogP contribution in [0.2, 0.25) is 10.0 Å². The van der Waals surface area contributed by atoms with E-state index in [0.29, 0.717) is 44.2 Å². The lowest BCUT2D eigenvalue weighted by molar-refractivity contribution is 0.0685. The van der Waals surface area contributed by atoms with Crippen molar-refractivity contribution < 1.29 is 34.0 Å². The van der Waals surface area contributed by atoms with Gasteiger partial charge in [-0.2, -0.15) is 0 Å². The minimum Gasteiger partial charge on any atom is -0.497 e. The molecule has 0 spiro atoms. The Morgan fingerprint density at radius 2 is 1.08 bits per heavy atom. The van der Waals surface area contributed by atoms with E-state index in [2.05, 4.69) is 0 Å². The van der Waals surface area contributed by atoms with E-state index in [1.807, 2.05) is 75.9 Å². The number of carboxylic acids is 2. The third-order valence-corrected chi connectivity index (χ3v) is 8.74. The van der Waals surface area contributed by atoms with Crippen molar-refractivity contribution in [1.82, 2.24) is 9.13 Å². The third-order valence-electron chi connectivity index (χ3n) is 8.19. The minimum atomic E-state index is -0.990. The molecule has 2 heterocycles. The van der Waals surface area contributed by atoms with Gasteiger partial charge in [0.25, 0.3) is 0 Å². The summed E-state index contributed by atoms with van der Waals surface area (Å²) in [6.07, 6.45) is 0. The van der Waals surface area contributed by atoms with Gasteiger partial charge in [-0.25, -0.2) is 9.59 Å². The van der Waals surface area contributed by atoms with E-state index in [0.717, 1.165) is 28.4 Å². The highest BCUT2D eigenvalue weighted by molar-refractivity contribution is 6.36. The fourth-order valence-electron chi connectivity index (χ4n) is 5.72. The Hall–Kier alpha value is -5.64. The maximum absolute atomic E-state index is 11.6. The molecule has 6 rings (SSSR count). The van der Waals surface area contributed by atoms with Crippen molar-refractivity contribution in [2.75, 3.05) is 21.3 Å². The number of methoxy groups -OCH3 is 3. The first-order chi connectivity index (χ1) is 24.0. The molecule has 0 aliphatic rings. The number of benzene rings is 4. The smallest absolute Gasteiger partial charge is 0.337 e. The molecule has 0 radical (unpaired) electrons. The van der Waals surface area contributed by atoms with E-state index in [1.165, 1.54) is 0 Å². The molecule has 2 N–H and O–H groups in total. The molecule has 0 unspecified atom stereocenters. The molecule has 6 aromatic rings. The van der Waals surface area contributed by atoms with Crippen molar-refractivity contribution in [1.29, 1.82) is 0 Å². The van der Waals surface area contributed by atoms with Crippen molar-refractivity contribution in [2.24, 2.45) is 0 Å². The number of carboxylic acid groups (broad SMARTS) is 2. The standard InChI is InChI=1S/C20H19NO4.C19H15Cl2NO3/c1-13-17(20(22)23)12-18(21(13)14-7-5-4-6-8-14)16-10-9-15(24-2)11-19(16)25-3;1-11-16(19(23)24)10-18(15-8-3-12(20)9-17(15)21)22(11)13-4-6-14(25-2)7-5-13/h4-12H,1-3H3,(H,22,23);3-10H,1-2H3,(H,23,24). The van der Waals surface area contributed by atoms with E-state index in [-0.39, 0.29) is 11.1 Å². The number of ether oxygens (including phenoxy) is 3. The summed E-state index contributed by atoms with van der Waals surface area (Å²) >= 11 is 12.3. The predicted molar refractivity (Wildman–Crippen MR) is 195 cm³/mol. The summed E-state index contributed by atoms with van der Waals surface area (Å²) in [5.74, 6) is 0.0645. The third kappa shape index (κ3) is 7.19. The van der Waals surface area contributed by atoms with Crippen molar-refractivity contribution >= 4 is 35.1 Å². The molecule has 4 aromatic carbocycles. The first-order valence-electron chi connectivity index (χ1n) is 15.3. The topological polar surface area (TPSA) is 112 Å². The monoisotopic (exact) mass is 712 g/mol. The lowest BCUT2D eigenvalue weighted by Gasteiger charge is -2.15. The predicted octanol–water partition coefficient (Wildman–Crippen LogP) is 9.63. The highest BCUT2D eigenvalue weighted by Crippen LogP contribution is 2.38. The summed E-state index contributed by atoms with van der Waals surface area (Å²) in [7, 11) is 4.77. The molecular formula is C39H34Cl2N2O7. The molecule has 50 heavy (non-hydrogen) atoms. The molecule has 0 aliphatic heterocycles. The van der Waals surface area contributed by atoms with Crippen LogP contribution in [0.5, 0.6) is 17.2 Å². The van der Waals surface area contributed by atoms with Crippen LogP contribution in [0.3, 0.4) is 0 Å². The number of nitrogens with zero attached hydrogens (tertiary/aromatic N) is 2. The van der Waals surface area contributed by atoms with E-state index in [1.54, 1.807) is 71.6 Å². The number of hydrogen-bond donors (Lipinski definition) is 2. The zero-order chi connectivity index (χ0) is 36.1. The van der Waals surface area contributed by atoms with Gasteiger partial charge in [-0.3, -0.25) is 0 Å². The largest absolute Gasteiger partial charge is 0.497 e. The Kier molecular flexibility index (Phi) is 10.9. The van der Waals surface area contributed by atoms with E-state index < -0.39 is 11.9 Å². The van der Waals surface area contributed by atoms with Gasteiger partial charge in [-0.15, -0.1) is 0 Å². The van der Waals surface area contributed by atoms with E-state index in [9.17, 15) is 19.8 Å². The van der Waals surface area contributed by atoms with Crippen LogP contribution >= 0.6 is 23.2 Å². The van der Waals surface area contributed by atoms with Crippen LogP contribution in [0.4, 0.5) is 0 Å². The number of para-hydroxylation sites is 1. The van der Waals surface area contributed by atoms with Crippen LogP contribution in [-0.4, -0.2) is 52.6 Å². The van der Waals surface area contributed by atoms with Gasteiger partial charge >= 0.3 is 11.9 Å². The fourth-order valence-corrected chi connectivity index (χ4v) is 6.23. The van der Waals surface area contributed by atoms with Crippen LogP contribution in [0.25, 0.3) is 33.9 Å². The van der Waals surface area contributed by atoms with E-state index in [4.69, 9.17) is 37.4 Å². The van der Waals surface area contributed by atoms with Crippen LogP contribution < -0.4 is 14.2 Å². The first-order valence-corrected chi connectivity index (χ1v) is 16.0. The van der Waals surface area contributed by atoms with Crippen molar-refractivity contribution in [3.05, 3.63) is 136 Å². The van der Waals surface area contributed by atoms with Gasteiger partial charge in [0.1, 0.15) is 17.2 Å². The van der Waals surface area contributed by atoms with Crippen LogP contribution in [0, 0.1) is 13.8 Å². The van der Waals surface area contributed by atoms with Gasteiger partial charge in [-0.05, 0) is 92.7 Å². The first kappa shape index (κ1) is 35.7. The summed E-state index contributed by atoms with van der Waals surface area (Å²) in [6.45, 7) is 3.57. The Bertz CT molecular complexity index is 2170. The average Bonchev–Trinajstić information content (AvgIpc) is 3.65. The molecule has 0 aliphatic carbocycles. The maximum atomic E-state index is 11.6. The zero-order valence-electron chi connectivity index (χ0n) is 27.9. The summed E-state index contributed by atoms with van der Waals surface area (Å²) < 4.78 is 19.7. The molecular weight excluding hydrogens is 679 g/mol. The summed E-state index contributed by atoms with van der Waals surface area (Å²) in [6, 6.07) is 31.0. The van der Waals surface area contributed by atoms with E-state index >= 15 is 0 Å². The lowest BCUT2D eigenvalue weighted by atomic mass is 10.1. The highest BCUT2D eigenvalue weighted by Gasteiger charge is 2.22. The van der Waals surface area contributed by atoms with Gasteiger partial charge in [-0.1, -0.05) is 41.4 Å². The molecule has 0 atom stereocenters. The van der Waals surface area contributed by atoms with Gasteiger partial charge in [0.15, 0.2) is 0 Å². The SMILES string of the molecule is COc1ccc(-c2cc(C(=O)O)c(C)n2-c2ccccc2)c(OC)c1.COc1ccc(-n2c(-c3ccc(Cl)cc3Cl)cc(C(=O)O)c2C)cc1. The number of halogens is 2. The fraction of sp³-hybridized carbons (Fsp3) is 0.128. The second-order valence-corrected chi connectivity index (χ2v) is 11.9. The second kappa shape index (κ2) is 15.3. The Labute approximate surface area is 299 Å². The number of aromatic carboxylic acids is 2. The molecule has 9 nitrogen and oxygen atoms in total. The van der Waals surface area contributed by atoms with Crippen molar-refractivity contribution in [3.63, 3.8) is 0 Å². The molecule has 256 valence electrons. The molecule has 0 saturated heterocycles. The summed E-state index contributed by atoms with van der Waals surface area (Å²) in [5.41, 5.74) is 6.38. The minimum absolute atomic E-state index is 0.219. The number of rotatable bonds is 9. The molecule has 0 fully saturated rings. The number of hydrogen-bond acceptors (Lipinski definition) is 5. The average molecular weight is 714 g/mol. The Balaban J connectivity index is 0.000000194. The molecule has 0 saturated carbocycles. The van der Waals surface area contributed by atoms with Gasteiger partial charge in [0.05, 0.1) is 48.9 Å². The summed E-state index contributed by atoms with van der Waals surface area (Å²) in [5, 5.41) is 20.0. The quantitative estimate of drug-likeness (QED) is 0.154. The highest BCUT2D eigenvalue weighted by atomic mass is 35.5. The van der Waals surface area contributed by atoms with Gasteiger partial charge in [0, 0.05) is 45.0 Å². The lowest BCUT2D eigenvalue weighted by Crippen LogP contribution is -2.02. The zero-order valence-corrected chi connectivity index (χ0v) is 29.4. The summed E-state index contributed by atoms with van der Waals surface area (Å²) in [4.78, 5) is 23.2. The number of aromatic nitrogens is 2. The molecule has 0 amide bonds. The van der Waals surface area contributed by atoms with Gasteiger partial charge < -0.3 is 33.6 Å². The Morgan fingerprint density at radius 1 is 0.580 bits per heavy atom. The molecule has 0 bridgehead atoms.